The van der Waals surface area contributed by atoms with Gasteiger partial charge in [-0.05, 0) is 77.2 Å². The van der Waals surface area contributed by atoms with Gasteiger partial charge in [0.2, 0.25) is 0 Å². The van der Waals surface area contributed by atoms with Crippen molar-refractivity contribution in [2.45, 2.75) is 44.6 Å². The first kappa shape index (κ1) is 18.5. The molecular weight excluding hydrogens is 332 g/mol. The zero-order valence-electron chi connectivity index (χ0n) is 15.6. The quantitative estimate of drug-likeness (QED) is 0.708. The predicted molar refractivity (Wildman–Crippen MR) is 107 cm³/mol. The number of nitrogens with zero attached hydrogens (tertiary/aromatic N) is 3. The van der Waals surface area contributed by atoms with Crippen molar-refractivity contribution < 1.29 is 0 Å². The van der Waals surface area contributed by atoms with Crippen LogP contribution in [0.1, 0.15) is 44.1 Å². The number of aromatic nitrogens is 1. The van der Waals surface area contributed by atoms with Crippen molar-refractivity contribution in [3.8, 4) is 0 Å². The lowest BCUT2D eigenvalue weighted by atomic mass is 9.92. The van der Waals surface area contributed by atoms with Gasteiger partial charge in [-0.1, -0.05) is 18.2 Å². The molecular formula is C20H31ClN4. The average Bonchev–Trinajstić information content (AvgIpc) is 3.39. The van der Waals surface area contributed by atoms with Crippen molar-refractivity contribution in [1.29, 1.82) is 0 Å². The molecule has 0 aromatic carbocycles. The molecule has 0 radical (unpaired) electrons. The monoisotopic (exact) mass is 362 g/mol. The lowest BCUT2D eigenvalue weighted by Crippen LogP contribution is -2.34. The van der Waals surface area contributed by atoms with Crippen molar-refractivity contribution in [2.24, 2.45) is 5.92 Å². The molecule has 0 spiro atoms. The summed E-state index contributed by atoms with van der Waals surface area (Å²) in [6.45, 7) is 7.46. The lowest BCUT2D eigenvalue weighted by molar-refractivity contribution is 0.331. The second-order valence-corrected chi connectivity index (χ2v) is 8.14. The number of hydrogen-bond donors (Lipinski definition) is 1. The predicted octanol–water partition coefficient (Wildman–Crippen LogP) is 4.02. The fourth-order valence-corrected chi connectivity index (χ4v) is 3.79. The summed E-state index contributed by atoms with van der Waals surface area (Å²) in [4.78, 5) is 9.28. The van der Waals surface area contributed by atoms with Gasteiger partial charge < -0.3 is 15.1 Å². The summed E-state index contributed by atoms with van der Waals surface area (Å²) in [6, 6.07) is 4.73. The molecule has 5 heteroatoms. The molecule has 0 bridgehead atoms. The third kappa shape index (κ3) is 5.35. The summed E-state index contributed by atoms with van der Waals surface area (Å²) >= 11 is 6.43. The van der Waals surface area contributed by atoms with Crippen molar-refractivity contribution in [3.63, 3.8) is 0 Å². The van der Waals surface area contributed by atoms with Crippen LogP contribution in [0.15, 0.2) is 18.7 Å². The topological polar surface area (TPSA) is 31.4 Å². The molecule has 1 saturated heterocycles. The minimum absolute atomic E-state index is 0.559. The molecule has 1 aliphatic heterocycles. The molecule has 0 atom stereocenters. The highest BCUT2D eigenvalue weighted by Gasteiger charge is 2.23. The van der Waals surface area contributed by atoms with Crippen molar-refractivity contribution in [3.05, 3.63) is 29.4 Å². The Balaban J connectivity index is 1.51. The molecule has 2 fully saturated rings. The minimum atomic E-state index is 0.559. The van der Waals surface area contributed by atoms with Crippen LogP contribution in [0.3, 0.4) is 0 Å². The summed E-state index contributed by atoms with van der Waals surface area (Å²) in [5, 5.41) is 3.97. The van der Waals surface area contributed by atoms with Crippen LogP contribution in [-0.4, -0.2) is 49.7 Å². The van der Waals surface area contributed by atoms with Gasteiger partial charge in [-0.2, -0.15) is 0 Å². The second-order valence-electron chi connectivity index (χ2n) is 7.78. The van der Waals surface area contributed by atoms with Gasteiger partial charge in [0.1, 0.15) is 11.0 Å². The Hall–Kier alpha value is -1.26. The van der Waals surface area contributed by atoms with Crippen molar-refractivity contribution in [1.82, 2.24) is 15.2 Å². The van der Waals surface area contributed by atoms with E-state index in [0.717, 1.165) is 36.1 Å². The lowest BCUT2D eigenvalue weighted by Gasteiger charge is -2.33. The van der Waals surface area contributed by atoms with Gasteiger partial charge in [0.15, 0.2) is 0 Å². The fraction of sp³-hybridized carbons (Fsp3) is 0.650. The summed E-state index contributed by atoms with van der Waals surface area (Å²) in [5.41, 5.74) is 1.82. The molecule has 1 aliphatic carbocycles. The van der Waals surface area contributed by atoms with E-state index in [0.29, 0.717) is 11.2 Å². The van der Waals surface area contributed by atoms with Gasteiger partial charge in [-0.15, -0.1) is 0 Å². The Kier molecular flexibility index (Phi) is 6.24. The molecule has 1 N–H and O–H groups in total. The zero-order chi connectivity index (χ0) is 17.8. The molecule has 2 heterocycles. The van der Waals surface area contributed by atoms with Crippen LogP contribution in [0.2, 0.25) is 5.15 Å². The highest BCUT2D eigenvalue weighted by molar-refractivity contribution is 6.31. The third-order valence-electron chi connectivity index (χ3n) is 5.27. The Labute approximate surface area is 157 Å². The van der Waals surface area contributed by atoms with E-state index in [9.17, 15) is 0 Å². The number of nitrogens with one attached hydrogen (secondary N) is 1. The average molecular weight is 363 g/mol. The first-order valence-corrected chi connectivity index (χ1v) is 9.93. The largest absolute Gasteiger partial charge is 0.382 e. The number of piperidine rings is 1. The first-order chi connectivity index (χ1) is 12.0. The Morgan fingerprint density at radius 1 is 1.28 bits per heavy atom. The molecule has 25 heavy (non-hydrogen) atoms. The van der Waals surface area contributed by atoms with Crippen LogP contribution in [0, 0.1) is 5.92 Å². The third-order valence-corrected chi connectivity index (χ3v) is 5.56. The van der Waals surface area contributed by atoms with Gasteiger partial charge in [-0.3, -0.25) is 0 Å². The van der Waals surface area contributed by atoms with Crippen molar-refractivity contribution >= 4 is 23.1 Å². The summed E-state index contributed by atoms with van der Waals surface area (Å²) in [5.74, 6) is 1.85. The molecule has 3 rings (SSSR count). The Morgan fingerprint density at radius 2 is 2.00 bits per heavy atom. The molecule has 0 amide bonds. The van der Waals surface area contributed by atoms with Gasteiger partial charge in [0.05, 0.1) is 0 Å². The van der Waals surface area contributed by atoms with E-state index < -0.39 is 0 Å². The number of pyridine rings is 1. The van der Waals surface area contributed by atoms with E-state index in [-0.39, 0.29) is 0 Å². The van der Waals surface area contributed by atoms with Crippen LogP contribution >= 0.6 is 11.6 Å². The highest BCUT2D eigenvalue weighted by Crippen LogP contribution is 2.29. The van der Waals surface area contributed by atoms with Crippen LogP contribution in [0.25, 0.3) is 5.70 Å². The zero-order valence-corrected chi connectivity index (χ0v) is 16.4. The maximum atomic E-state index is 6.43. The van der Waals surface area contributed by atoms with Crippen LogP contribution < -0.4 is 10.2 Å². The van der Waals surface area contributed by atoms with Gasteiger partial charge >= 0.3 is 0 Å². The molecule has 2 aliphatic rings. The summed E-state index contributed by atoms with van der Waals surface area (Å²) in [7, 11) is 4.30. The van der Waals surface area contributed by atoms with Crippen LogP contribution in [0.5, 0.6) is 0 Å². The molecule has 0 unspecified atom stereocenters. The molecule has 1 aromatic rings. The standard InChI is InChI=1S/C20H31ClN4/c1-15(22-17-6-7-17)18-8-9-19(23-20(18)21)25-13-10-16(11-14-25)5-4-12-24(2)3/h8-9,16-17,22H,1,4-7,10-14H2,2-3H3. The molecule has 1 saturated carbocycles. The Bertz CT molecular complexity index is 589. The Morgan fingerprint density at radius 3 is 2.60 bits per heavy atom. The number of rotatable bonds is 8. The fourth-order valence-electron chi connectivity index (χ4n) is 3.52. The maximum absolute atomic E-state index is 6.43. The number of halogens is 1. The maximum Gasteiger partial charge on any atom is 0.140 e. The highest BCUT2D eigenvalue weighted by atomic mass is 35.5. The van der Waals surface area contributed by atoms with Gasteiger partial charge in [0, 0.05) is 30.4 Å². The molecule has 1 aromatic heterocycles. The van der Waals surface area contributed by atoms with E-state index in [1.54, 1.807) is 0 Å². The smallest absolute Gasteiger partial charge is 0.140 e. The van der Waals surface area contributed by atoms with E-state index in [2.05, 4.69) is 52.9 Å². The SMILES string of the molecule is C=C(NC1CC1)c1ccc(N2CCC(CCCN(C)C)CC2)nc1Cl. The first-order valence-electron chi connectivity index (χ1n) is 9.55. The summed E-state index contributed by atoms with van der Waals surface area (Å²) in [6.07, 6.45) is 7.60. The van der Waals surface area contributed by atoms with E-state index in [4.69, 9.17) is 11.6 Å². The van der Waals surface area contributed by atoms with Gasteiger partial charge in [-0.25, -0.2) is 4.98 Å². The number of hydrogen-bond acceptors (Lipinski definition) is 4. The summed E-state index contributed by atoms with van der Waals surface area (Å²) < 4.78 is 0. The number of anilines is 1. The second kappa shape index (κ2) is 8.41. The van der Waals surface area contributed by atoms with Crippen LogP contribution in [0.4, 0.5) is 5.82 Å². The molecule has 4 nitrogen and oxygen atoms in total. The van der Waals surface area contributed by atoms with E-state index in [1.165, 1.54) is 45.1 Å². The van der Waals surface area contributed by atoms with Crippen molar-refractivity contribution in [2.75, 3.05) is 38.6 Å². The normalized spacial score (nSPS) is 18.6. The van der Waals surface area contributed by atoms with E-state index >= 15 is 0 Å². The van der Waals surface area contributed by atoms with E-state index in [1.807, 2.05) is 0 Å². The van der Waals surface area contributed by atoms with Crippen LogP contribution in [-0.2, 0) is 0 Å². The minimum Gasteiger partial charge on any atom is -0.382 e. The van der Waals surface area contributed by atoms with Gasteiger partial charge in [0.25, 0.3) is 0 Å². The molecule has 138 valence electrons.